The maximum absolute atomic E-state index is 12.1. The smallest absolute Gasteiger partial charge is 0.341 e. The van der Waals surface area contributed by atoms with Crippen LogP contribution in [0.4, 0.5) is 0 Å². The molecule has 2 aromatic rings. The highest BCUT2D eigenvalue weighted by molar-refractivity contribution is 5.92. The Labute approximate surface area is 161 Å². The normalized spacial score (nSPS) is 12.9. The SMILES string of the molecule is CCC(C)c1ccc(OC(C)OCCOc2ccccc2)c(C(=O)OC)c1. The Kier molecular flexibility index (Phi) is 8.14. The van der Waals surface area contributed by atoms with Gasteiger partial charge in [0.2, 0.25) is 0 Å². The van der Waals surface area contributed by atoms with Gasteiger partial charge in [-0.2, -0.15) is 0 Å². The van der Waals surface area contributed by atoms with Crippen molar-refractivity contribution >= 4 is 5.97 Å². The molecule has 0 saturated heterocycles. The van der Waals surface area contributed by atoms with E-state index in [1.165, 1.54) is 7.11 Å². The standard InChI is InChI=1S/C22H28O5/c1-5-16(2)18-11-12-21(20(15-18)22(23)24-4)27-17(3)25-13-14-26-19-9-7-6-8-10-19/h6-12,15-17H,5,13-14H2,1-4H3. The van der Waals surface area contributed by atoms with Crippen LogP contribution in [0.3, 0.4) is 0 Å². The number of carbonyl (C=O) groups excluding carboxylic acids is 1. The highest BCUT2D eigenvalue weighted by Gasteiger charge is 2.18. The summed E-state index contributed by atoms with van der Waals surface area (Å²) in [5, 5.41) is 0. The summed E-state index contributed by atoms with van der Waals surface area (Å²) >= 11 is 0. The number of rotatable bonds is 10. The van der Waals surface area contributed by atoms with Crippen molar-refractivity contribution in [3.8, 4) is 11.5 Å². The molecule has 5 heteroatoms. The molecule has 2 rings (SSSR count). The topological polar surface area (TPSA) is 54.0 Å². The van der Waals surface area contributed by atoms with E-state index in [-0.39, 0.29) is 0 Å². The number of benzene rings is 2. The summed E-state index contributed by atoms with van der Waals surface area (Å²) in [5.41, 5.74) is 1.49. The summed E-state index contributed by atoms with van der Waals surface area (Å²) in [6.45, 7) is 6.80. The predicted molar refractivity (Wildman–Crippen MR) is 104 cm³/mol. The second-order valence-electron chi connectivity index (χ2n) is 6.27. The van der Waals surface area contributed by atoms with Crippen LogP contribution < -0.4 is 9.47 Å². The quantitative estimate of drug-likeness (QED) is 0.340. The fraction of sp³-hybridized carbons (Fsp3) is 0.409. The fourth-order valence-electron chi connectivity index (χ4n) is 2.57. The van der Waals surface area contributed by atoms with E-state index < -0.39 is 12.3 Å². The van der Waals surface area contributed by atoms with Crippen LogP contribution in [-0.2, 0) is 9.47 Å². The number of hydrogen-bond donors (Lipinski definition) is 0. The molecule has 0 aromatic heterocycles. The van der Waals surface area contributed by atoms with E-state index >= 15 is 0 Å². The molecule has 0 aliphatic heterocycles. The number of esters is 1. The Morgan fingerprint density at radius 1 is 1.04 bits per heavy atom. The van der Waals surface area contributed by atoms with Crippen molar-refractivity contribution in [2.24, 2.45) is 0 Å². The largest absolute Gasteiger partial charge is 0.491 e. The summed E-state index contributed by atoms with van der Waals surface area (Å²) in [7, 11) is 1.36. The molecule has 0 aliphatic carbocycles. The van der Waals surface area contributed by atoms with Crippen molar-refractivity contribution in [3.63, 3.8) is 0 Å². The van der Waals surface area contributed by atoms with Crippen molar-refractivity contribution in [3.05, 3.63) is 59.7 Å². The lowest BCUT2D eigenvalue weighted by atomic mass is 9.96. The molecule has 2 aromatic carbocycles. The third kappa shape index (κ3) is 6.29. The number of carbonyl (C=O) groups is 1. The van der Waals surface area contributed by atoms with Crippen LogP contribution in [0.5, 0.6) is 11.5 Å². The van der Waals surface area contributed by atoms with Gasteiger partial charge in [0.05, 0.1) is 13.7 Å². The Bertz CT molecular complexity index is 714. The second kappa shape index (κ2) is 10.6. The van der Waals surface area contributed by atoms with Crippen molar-refractivity contribution in [2.45, 2.75) is 39.4 Å². The van der Waals surface area contributed by atoms with E-state index in [0.29, 0.717) is 30.4 Å². The molecule has 0 heterocycles. The number of methoxy groups -OCH3 is 1. The highest BCUT2D eigenvalue weighted by Crippen LogP contribution is 2.27. The van der Waals surface area contributed by atoms with Gasteiger partial charge in [-0.25, -0.2) is 4.79 Å². The molecule has 0 N–H and O–H groups in total. The molecule has 5 nitrogen and oxygen atoms in total. The molecule has 146 valence electrons. The molecule has 0 spiro atoms. The van der Waals surface area contributed by atoms with Gasteiger partial charge in [-0.15, -0.1) is 0 Å². The Balaban J connectivity index is 1.93. The van der Waals surface area contributed by atoms with Crippen LogP contribution in [0, 0.1) is 0 Å². The number of para-hydroxylation sites is 1. The molecular formula is C22H28O5. The Morgan fingerprint density at radius 3 is 2.44 bits per heavy atom. The van der Waals surface area contributed by atoms with Crippen LogP contribution in [0.2, 0.25) is 0 Å². The predicted octanol–water partition coefficient (Wildman–Crippen LogP) is 4.81. The van der Waals surface area contributed by atoms with Crippen LogP contribution >= 0.6 is 0 Å². The second-order valence-corrected chi connectivity index (χ2v) is 6.27. The minimum absolute atomic E-state index is 0.353. The van der Waals surface area contributed by atoms with Gasteiger partial charge in [0, 0.05) is 0 Å². The lowest BCUT2D eigenvalue weighted by molar-refractivity contribution is -0.0742. The molecule has 2 unspecified atom stereocenters. The van der Waals surface area contributed by atoms with Gasteiger partial charge in [0.1, 0.15) is 23.7 Å². The van der Waals surface area contributed by atoms with Crippen LogP contribution in [0.25, 0.3) is 0 Å². The maximum atomic E-state index is 12.1. The minimum Gasteiger partial charge on any atom is -0.491 e. The van der Waals surface area contributed by atoms with Crippen molar-refractivity contribution in [2.75, 3.05) is 20.3 Å². The monoisotopic (exact) mass is 372 g/mol. The maximum Gasteiger partial charge on any atom is 0.341 e. The Morgan fingerprint density at radius 2 is 1.78 bits per heavy atom. The van der Waals surface area contributed by atoms with Crippen molar-refractivity contribution < 1.29 is 23.7 Å². The molecule has 0 amide bonds. The molecule has 0 fully saturated rings. The zero-order valence-corrected chi connectivity index (χ0v) is 16.4. The minimum atomic E-state index is -0.526. The summed E-state index contributed by atoms with van der Waals surface area (Å²) in [4.78, 5) is 12.1. The highest BCUT2D eigenvalue weighted by atomic mass is 16.7. The summed E-state index contributed by atoms with van der Waals surface area (Å²) in [5.74, 6) is 1.18. The fourth-order valence-corrected chi connectivity index (χ4v) is 2.57. The van der Waals surface area contributed by atoms with E-state index in [1.807, 2.05) is 42.5 Å². The van der Waals surface area contributed by atoms with Gasteiger partial charge in [0.15, 0.2) is 6.29 Å². The molecule has 0 saturated carbocycles. The van der Waals surface area contributed by atoms with E-state index in [9.17, 15) is 4.79 Å². The van der Waals surface area contributed by atoms with Crippen LogP contribution in [-0.4, -0.2) is 32.6 Å². The zero-order chi connectivity index (χ0) is 19.6. The summed E-state index contributed by atoms with van der Waals surface area (Å²) in [6, 6.07) is 15.2. The third-order valence-electron chi connectivity index (χ3n) is 4.33. The van der Waals surface area contributed by atoms with E-state index in [1.54, 1.807) is 13.0 Å². The van der Waals surface area contributed by atoms with Gasteiger partial charge in [-0.3, -0.25) is 0 Å². The van der Waals surface area contributed by atoms with Gasteiger partial charge in [-0.1, -0.05) is 38.1 Å². The lowest BCUT2D eigenvalue weighted by Gasteiger charge is -2.19. The van der Waals surface area contributed by atoms with E-state index in [0.717, 1.165) is 17.7 Å². The van der Waals surface area contributed by atoms with Crippen molar-refractivity contribution in [1.29, 1.82) is 0 Å². The zero-order valence-electron chi connectivity index (χ0n) is 16.4. The number of hydrogen-bond acceptors (Lipinski definition) is 5. The first kappa shape index (κ1) is 20.8. The average Bonchev–Trinajstić information content (AvgIpc) is 2.71. The van der Waals surface area contributed by atoms with Crippen LogP contribution in [0.15, 0.2) is 48.5 Å². The first-order chi connectivity index (χ1) is 13.0. The van der Waals surface area contributed by atoms with Gasteiger partial charge in [-0.05, 0) is 49.1 Å². The summed E-state index contributed by atoms with van der Waals surface area (Å²) < 4.78 is 21.9. The first-order valence-corrected chi connectivity index (χ1v) is 9.23. The van der Waals surface area contributed by atoms with Gasteiger partial charge in [0.25, 0.3) is 0 Å². The lowest BCUT2D eigenvalue weighted by Crippen LogP contribution is -2.21. The van der Waals surface area contributed by atoms with Gasteiger partial charge < -0.3 is 18.9 Å². The van der Waals surface area contributed by atoms with E-state index in [4.69, 9.17) is 18.9 Å². The molecule has 2 atom stereocenters. The van der Waals surface area contributed by atoms with Gasteiger partial charge >= 0.3 is 5.97 Å². The first-order valence-electron chi connectivity index (χ1n) is 9.23. The Hall–Kier alpha value is -2.53. The van der Waals surface area contributed by atoms with Crippen molar-refractivity contribution in [1.82, 2.24) is 0 Å². The third-order valence-corrected chi connectivity index (χ3v) is 4.33. The molecule has 0 radical (unpaired) electrons. The molecule has 0 bridgehead atoms. The summed E-state index contributed by atoms with van der Waals surface area (Å²) in [6.07, 6.45) is 0.462. The average molecular weight is 372 g/mol. The molecular weight excluding hydrogens is 344 g/mol. The number of ether oxygens (including phenoxy) is 4. The van der Waals surface area contributed by atoms with E-state index in [2.05, 4.69) is 13.8 Å². The molecule has 27 heavy (non-hydrogen) atoms. The molecule has 0 aliphatic rings. The van der Waals surface area contributed by atoms with Crippen LogP contribution in [0.1, 0.15) is 49.0 Å².